The monoisotopic (exact) mass is 249 g/mol. The number of anilines is 1. The Morgan fingerprint density at radius 3 is 3.00 bits per heavy atom. The number of carbonyl (C=O) groups is 1. The van der Waals surface area contributed by atoms with Crippen molar-refractivity contribution in [1.29, 1.82) is 0 Å². The lowest BCUT2D eigenvalue weighted by molar-refractivity contribution is -0.118. The van der Waals surface area contributed by atoms with Crippen molar-refractivity contribution in [3.63, 3.8) is 0 Å². The number of nitrogens with one attached hydrogen (secondary N) is 1. The molecule has 3 N–H and O–H groups in total. The number of nitrogens with two attached hydrogens (primary N) is 1. The molecule has 98 valence electrons. The van der Waals surface area contributed by atoms with E-state index in [-0.39, 0.29) is 11.8 Å². The number of hydrogen-bond donors (Lipinski definition) is 2. The van der Waals surface area contributed by atoms with Crippen molar-refractivity contribution in [3.05, 3.63) is 17.8 Å². The van der Waals surface area contributed by atoms with Crippen LogP contribution in [0.1, 0.15) is 37.8 Å². The Morgan fingerprint density at radius 2 is 2.39 bits per heavy atom. The lowest BCUT2D eigenvalue weighted by Crippen LogP contribution is -2.30. The van der Waals surface area contributed by atoms with E-state index < -0.39 is 0 Å². The summed E-state index contributed by atoms with van der Waals surface area (Å²) in [6.45, 7) is 2.13. The van der Waals surface area contributed by atoms with Crippen LogP contribution in [0.3, 0.4) is 0 Å². The quantitative estimate of drug-likeness (QED) is 0.850. The topological polar surface area (TPSA) is 77.2 Å². The third-order valence-corrected chi connectivity index (χ3v) is 3.36. The Hall–Kier alpha value is -1.78. The number of aromatic nitrogens is 1. The van der Waals surface area contributed by atoms with Crippen LogP contribution in [0.5, 0.6) is 5.88 Å². The molecule has 5 heteroatoms. The first-order valence-electron chi connectivity index (χ1n) is 6.23. The number of nitrogens with zero attached hydrogens (tertiary/aromatic N) is 1. The van der Waals surface area contributed by atoms with Gasteiger partial charge in [0.25, 0.3) is 0 Å². The van der Waals surface area contributed by atoms with Crippen LogP contribution in [0, 0.1) is 0 Å². The van der Waals surface area contributed by atoms with E-state index in [1.165, 1.54) is 0 Å². The van der Waals surface area contributed by atoms with E-state index >= 15 is 0 Å². The SMILES string of the molecule is CC[C@@H]1C[C@H](CC(N)=O)c2nc(OC)ccc2N1. The van der Waals surface area contributed by atoms with Crippen LogP contribution in [-0.4, -0.2) is 24.0 Å². The number of amides is 1. The van der Waals surface area contributed by atoms with Gasteiger partial charge in [0.1, 0.15) is 0 Å². The highest BCUT2D eigenvalue weighted by Crippen LogP contribution is 2.36. The summed E-state index contributed by atoms with van der Waals surface area (Å²) in [7, 11) is 1.59. The number of methoxy groups -OCH3 is 1. The van der Waals surface area contributed by atoms with Gasteiger partial charge in [0, 0.05) is 24.4 Å². The van der Waals surface area contributed by atoms with Gasteiger partial charge in [-0.1, -0.05) is 6.92 Å². The molecule has 0 aliphatic carbocycles. The zero-order valence-corrected chi connectivity index (χ0v) is 10.8. The number of pyridine rings is 1. The zero-order chi connectivity index (χ0) is 13.1. The maximum Gasteiger partial charge on any atom is 0.218 e. The minimum absolute atomic E-state index is 0.0822. The second-order valence-corrected chi connectivity index (χ2v) is 4.64. The van der Waals surface area contributed by atoms with Crippen LogP contribution in [0.4, 0.5) is 5.69 Å². The summed E-state index contributed by atoms with van der Waals surface area (Å²) in [5.74, 6) is 0.367. The van der Waals surface area contributed by atoms with Gasteiger partial charge in [0.05, 0.1) is 18.5 Å². The van der Waals surface area contributed by atoms with Gasteiger partial charge >= 0.3 is 0 Å². The molecule has 0 unspecified atom stereocenters. The summed E-state index contributed by atoms with van der Waals surface area (Å²) in [5, 5.41) is 3.43. The van der Waals surface area contributed by atoms with Crippen molar-refractivity contribution in [2.45, 2.75) is 38.1 Å². The highest BCUT2D eigenvalue weighted by molar-refractivity contribution is 5.75. The molecular formula is C13H19N3O2. The number of rotatable bonds is 4. The zero-order valence-electron chi connectivity index (χ0n) is 10.8. The Kier molecular flexibility index (Phi) is 3.69. The molecule has 5 nitrogen and oxygen atoms in total. The normalized spacial score (nSPS) is 21.9. The Bertz CT molecular complexity index is 448. The van der Waals surface area contributed by atoms with Crippen LogP contribution in [0.15, 0.2) is 12.1 Å². The van der Waals surface area contributed by atoms with E-state index in [0.29, 0.717) is 18.3 Å². The Morgan fingerprint density at radius 1 is 1.61 bits per heavy atom. The Labute approximate surface area is 107 Å². The fraction of sp³-hybridized carbons (Fsp3) is 0.538. The van der Waals surface area contributed by atoms with Crippen LogP contribution in [0.25, 0.3) is 0 Å². The van der Waals surface area contributed by atoms with E-state index in [0.717, 1.165) is 24.2 Å². The molecule has 1 aromatic heterocycles. The lowest BCUT2D eigenvalue weighted by atomic mass is 9.87. The summed E-state index contributed by atoms with van der Waals surface area (Å²) in [4.78, 5) is 15.6. The molecule has 0 radical (unpaired) electrons. The standard InChI is InChI=1S/C13H19N3O2/c1-3-9-6-8(7-11(14)17)13-10(15-9)4-5-12(16-13)18-2/h4-5,8-9,15H,3,6-7H2,1-2H3,(H2,14,17)/t8-,9-/m1/s1. The highest BCUT2D eigenvalue weighted by atomic mass is 16.5. The third-order valence-electron chi connectivity index (χ3n) is 3.36. The maximum absolute atomic E-state index is 11.2. The van der Waals surface area contributed by atoms with Gasteiger partial charge in [-0.2, -0.15) is 0 Å². The lowest BCUT2D eigenvalue weighted by Gasteiger charge is -2.31. The van der Waals surface area contributed by atoms with Gasteiger partial charge in [-0.05, 0) is 18.9 Å². The number of hydrogen-bond acceptors (Lipinski definition) is 4. The summed E-state index contributed by atoms with van der Waals surface area (Å²) < 4.78 is 5.13. The predicted octanol–water partition coefficient (Wildman–Crippen LogP) is 1.64. The van der Waals surface area contributed by atoms with Gasteiger partial charge in [-0.3, -0.25) is 4.79 Å². The first kappa shape index (κ1) is 12.7. The van der Waals surface area contributed by atoms with Crippen LogP contribution < -0.4 is 15.8 Å². The average molecular weight is 249 g/mol. The molecule has 0 saturated heterocycles. The van der Waals surface area contributed by atoms with Crippen LogP contribution in [0.2, 0.25) is 0 Å². The van der Waals surface area contributed by atoms with Crippen molar-refractivity contribution < 1.29 is 9.53 Å². The molecule has 2 atom stereocenters. The molecule has 0 spiro atoms. The van der Waals surface area contributed by atoms with Crippen molar-refractivity contribution in [2.75, 3.05) is 12.4 Å². The molecule has 1 aliphatic heterocycles. The fourth-order valence-electron chi connectivity index (χ4n) is 2.43. The van der Waals surface area contributed by atoms with E-state index in [1.54, 1.807) is 7.11 Å². The van der Waals surface area contributed by atoms with Crippen molar-refractivity contribution in [1.82, 2.24) is 4.98 Å². The predicted molar refractivity (Wildman–Crippen MR) is 69.7 cm³/mol. The van der Waals surface area contributed by atoms with Gasteiger partial charge in [0.2, 0.25) is 11.8 Å². The molecule has 1 aromatic rings. The highest BCUT2D eigenvalue weighted by Gasteiger charge is 2.28. The first-order chi connectivity index (χ1) is 8.63. The number of fused-ring (bicyclic) bond motifs is 1. The number of ether oxygens (including phenoxy) is 1. The molecular weight excluding hydrogens is 230 g/mol. The fourth-order valence-corrected chi connectivity index (χ4v) is 2.43. The van der Waals surface area contributed by atoms with E-state index in [9.17, 15) is 4.79 Å². The van der Waals surface area contributed by atoms with E-state index in [1.807, 2.05) is 12.1 Å². The smallest absolute Gasteiger partial charge is 0.218 e. The molecule has 0 aromatic carbocycles. The van der Waals surface area contributed by atoms with E-state index in [2.05, 4.69) is 17.2 Å². The summed E-state index contributed by atoms with van der Waals surface area (Å²) >= 11 is 0. The minimum atomic E-state index is -0.285. The average Bonchev–Trinajstić information content (AvgIpc) is 2.37. The molecule has 1 amide bonds. The molecule has 2 rings (SSSR count). The van der Waals surface area contributed by atoms with Gasteiger partial charge in [-0.25, -0.2) is 4.98 Å². The van der Waals surface area contributed by atoms with Crippen LogP contribution in [-0.2, 0) is 4.79 Å². The largest absolute Gasteiger partial charge is 0.481 e. The molecule has 1 aliphatic rings. The van der Waals surface area contributed by atoms with Crippen LogP contribution >= 0.6 is 0 Å². The minimum Gasteiger partial charge on any atom is -0.481 e. The van der Waals surface area contributed by atoms with Crippen molar-refractivity contribution in [3.8, 4) is 5.88 Å². The Balaban J connectivity index is 2.33. The van der Waals surface area contributed by atoms with Gasteiger partial charge < -0.3 is 15.8 Å². The molecule has 0 bridgehead atoms. The van der Waals surface area contributed by atoms with Crippen molar-refractivity contribution >= 4 is 11.6 Å². The van der Waals surface area contributed by atoms with E-state index in [4.69, 9.17) is 10.5 Å². The molecule has 0 saturated carbocycles. The molecule has 2 heterocycles. The maximum atomic E-state index is 11.2. The second kappa shape index (κ2) is 5.25. The van der Waals surface area contributed by atoms with Gasteiger partial charge in [-0.15, -0.1) is 0 Å². The molecule has 0 fully saturated rings. The third kappa shape index (κ3) is 2.55. The van der Waals surface area contributed by atoms with Gasteiger partial charge in [0.15, 0.2) is 0 Å². The number of carbonyl (C=O) groups excluding carboxylic acids is 1. The van der Waals surface area contributed by atoms with Crippen molar-refractivity contribution in [2.24, 2.45) is 5.73 Å². The molecule has 18 heavy (non-hydrogen) atoms. The second-order valence-electron chi connectivity index (χ2n) is 4.64. The summed E-state index contributed by atoms with van der Waals surface area (Å²) in [6, 6.07) is 4.15. The summed E-state index contributed by atoms with van der Waals surface area (Å²) in [5.41, 5.74) is 7.19. The summed E-state index contributed by atoms with van der Waals surface area (Å²) in [6.07, 6.45) is 2.23. The number of primary amides is 1. The first-order valence-corrected chi connectivity index (χ1v) is 6.23.